The summed E-state index contributed by atoms with van der Waals surface area (Å²) < 4.78 is 111. The van der Waals surface area contributed by atoms with Crippen LogP contribution in [0.1, 0.15) is 69.0 Å². The van der Waals surface area contributed by atoms with Crippen molar-refractivity contribution in [3.63, 3.8) is 0 Å². The number of aliphatic hydroxyl groups excluding tert-OH is 1. The number of alkyl halides is 6. The highest BCUT2D eigenvalue weighted by Gasteiger charge is 2.44. The van der Waals surface area contributed by atoms with Gasteiger partial charge in [0.05, 0.1) is 103 Å². The number of hydrogen-bond acceptors (Lipinski definition) is 13. The second kappa shape index (κ2) is 27.3. The molecule has 23 heteroatoms. The molecule has 0 spiro atoms. The van der Waals surface area contributed by atoms with Crippen LogP contribution < -0.4 is 15.4 Å². The van der Waals surface area contributed by atoms with Crippen LogP contribution in [0.3, 0.4) is 0 Å². The number of hydrogen-bond donors (Lipinski definition) is 4. The molecule has 3 heterocycles. The van der Waals surface area contributed by atoms with Crippen LogP contribution in [0, 0.1) is 12.3 Å². The number of thiazole rings is 1. The zero-order chi connectivity index (χ0) is 55.2. The summed E-state index contributed by atoms with van der Waals surface area (Å²) in [5.74, 6) is -1.16. The van der Waals surface area contributed by atoms with Crippen molar-refractivity contribution in [2.75, 3.05) is 72.6 Å². The Hall–Kier alpha value is -5.33. The maximum absolute atomic E-state index is 13.9. The summed E-state index contributed by atoms with van der Waals surface area (Å²) in [6.45, 7) is 11.3. The Morgan fingerprint density at radius 2 is 1.46 bits per heavy atom. The zero-order valence-corrected chi connectivity index (χ0v) is 44.6. The molecule has 0 aliphatic carbocycles. The summed E-state index contributed by atoms with van der Waals surface area (Å²) in [6, 6.07) is 12.9. The fraction of sp³-hybridized carbons (Fsp3) is 0.509. The number of aryl methyl sites for hydroxylation is 2. The van der Waals surface area contributed by atoms with Gasteiger partial charge < -0.3 is 49.4 Å². The van der Waals surface area contributed by atoms with Gasteiger partial charge in [-0.3, -0.25) is 14.3 Å². The largest absolute Gasteiger partial charge is 0.506 e. The average molecular weight is 1110 g/mol. The third kappa shape index (κ3) is 16.6. The van der Waals surface area contributed by atoms with Gasteiger partial charge in [-0.2, -0.15) is 31.4 Å². The normalized spacial score (nSPS) is 15.6. The first-order chi connectivity index (χ1) is 36.0. The van der Waals surface area contributed by atoms with E-state index in [1.807, 2.05) is 57.5 Å². The van der Waals surface area contributed by atoms with E-state index < -0.39 is 58.0 Å². The van der Waals surface area contributed by atoms with Gasteiger partial charge in [0.1, 0.15) is 17.5 Å². The van der Waals surface area contributed by atoms with Crippen LogP contribution in [-0.2, 0) is 54.5 Å². The number of likely N-dealkylation sites (tertiary alicyclic amines) is 1. The van der Waals surface area contributed by atoms with Crippen molar-refractivity contribution in [3.05, 3.63) is 93.7 Å². The van der Waals surface area contributed by atoms with Gasteiger partial charge in [-0.1, -0.05) is 62.7 Å². The third-order valence-electron chi connectivity index (χ3n) is 12.5. The van der Waals surface area contributed by atoms with E-state index in [1.165, 1.54) is 30.1 Å². The molecular formula is C53H65ClF6N6O9S. The molecule has 3 atom stereocenters. The molecule has 2 amide bonds. The number of benzene rings is 3. The average Bonchev–Trinajstić information content (AvgIpc) is 4.11. The molecular weight excluding hydrogens is 1050 g/mol. The van der Waals surface area contributed by atoms with Crippen LogP contribution in [0.2, 0.25) is 5.02 Å². The number of aliphatic hydroxyl groups is 1. The Bertz CT molecular complexity index is 2680. The number of phenols is 1. The fourth-order valence-corrected chi connectivity index (χ4v) is 9.57. The molecule has 6 rings (SSSR count). The standard InChI is InChI=1S/C53H65ClF6N6O9S/c1-33-47(76-32-63-33)35-11-9-34(10-12-35)30-62-49(69)42-28-37(67)31-66(42)50(70)48(51(2,3)4)61-17-20-72-22-24-74-26-25-73-23-21-71-18-7-6-8-19-75-43-16-14-38(41-29-44(53(58,59)60)64-65(41)5)46(68)45(43)36-13-15-40(54)39(27-36)52(55,56)57/h9-16,27,29,32,37,42,48,61,67-68H,6-8,17-26,28,30-31H2,1-5H3,(H,62,69)/t37-,42+,48-/m1/s1. The number of phenolic OH excluding ortho intramolecular Hbond substituents is 1. The molecule has 1 aliphatic heterocycles. The zero-order valence-electron chi connectivity index (χ0n) is 43.0. The van der Waals surface area contributed by atoms with Crippen molar-refractivity contribution >= 4 is 34.8 Å². The highest BCUT2D eigenvalue weighted by molar-refractivity contribution is 7.13. The van der Waals surface area contributed by atoms with Crippen molar-refractivity contribution in [2.45, 2.75) is 90.5 Å². The predicted octanol–water partition coefficient (Wildman–Crippen LogP) is 9.48. The number of nitrogens with zero attached hydrogens (tertiary/aromatic N) is 4. The molecule has 0 unspecified atom stereocenters. The molecule has 15 nitrogen and oxygen atoms in total. The van der Waals surface area contributed by atoms with E-state index in [9.17, 15) is 46.1 Å². The van der Waals surface area contributed by atoms with Crippen molar-refractivity contribution in [2.24, 2.45) is 12.5 Å². The van der Waals surface area contributed by atoms with E-state index in [0.29, 0.717) is 78.7 Å². The van der Waals surface area contributed by atoms with Crippen LogP contribution in [-0.4, -0.2) is 132 Å². The number of nitrogens with one attached hydrogen (secondary N) is 2. The smallest absolute Gasteiger partial charge is 0.435 e. The van der Waals surface area contributed by atoms with Gasteiger partial charge in [0.2, 0.25) is 11.8 Å². The summed E-state index contributed by atoms with van der Waals surface area (Å²) in [7, 11) is 1.25. The predicted molar refractivity (Wildman–Crippen MR) is 275 cm³/mol. The number of rotatable bonds is 27. The Labute approximate surface area is 446 Å². The SMILES string of the molecule is Cc1ncsc1-c1ccc(CNC(=O)[C@@H]2C[C@@H](O)CN2C(=O)[C@@H](NCCOCCOCCOCCOCCCCCOc2ccc(-c3cc(C(F)(F)F)nn3C)c(O)c2-c2ccc(Cl)c(C(F)(F)F)c2)C(C)(C)C)cc1. The molecule has 4 N–H and O–H groups in total. The lowest BCUT2D eigenvalue weighted by atomic mass is 9.85. The molecule has 3 aromatic carbocycles. The van der Waals surface area contributed by atoms with Gasteiger partial charge >= 0.3 is 12.4 Å². The van der Waals surface area contributed by atoms with Gasteiger partial charge in [0.15, 0.2) is 5.69 Å². The lowest BCUT2D eigenvalue weighted by molar-refractivity contribution is -0.142. The first-order valence-electron chi connectivity index (χ1n) is 24.8. The van der Waals surface area contributed by atoms with E-state index in [-0.39, 0.29) is 66.1 Å². The Kier molecular flexibility index (Phi) is 21.5. The van der Waals surface area contributed by atoms with Gasteiger partial charge in [0.25, 0.3) is 0 Å². The number of carbonyl (C=O) groups is 2. The third-order valence-corrected chi connectivity index (χ3v) is 13.8. The minimum atomic E-state index is -4.83. The number of halogens is 7. The molecule has 1 fully saturated rings. The Morgan fingerprint density at radius 1 is 0.829 bits per heavy atom. The Balaban J connectivity index is 0.824. The van der Waals surface area contributed by atoms with Crippen molar-refractivity contribution < 1.29 is 69.8 Å². The lowest BCUT2D eigenvalue weighted by Gasteiger charge is -2.35. The molecule has 2 aromatic heterocycles. The summed E-state index contributed by atoms with van der Waals surface area (Å²) in [5.41, 5.74) is 1.37. The molecule has 1 aliphatic rings. The molecule has 0 bridgehead atoms. The van der Waals surface area contributed by atoms with Crippen LogP contribution >= 0.6 is 22.9 Å². The van der Waals surface area contributed by atoms with E-state index in [0.717, 1.165) is 44.6 Å². The van der Waals surface area contributed by atoms with Crippen LogP contribution in [0.25, 0.3) is 32.8 Å². The van der Waals surface area contributed by atoms with E-state index in [2.05, 4.69) is 20.7 Å². The maximum Gasteiger partial charge on any atom is 0.435 e. The van der Waals surface area contributed by atoms with Gasteiger partial charge in [-0.15, -0.1) is 11.3 Å². The fourth-order valence-electron chi connectivity index (χ4n) is 8.53. The van der Waals surface area contributed by atoms with Gasteiger partial charge in [-0.25, -0.2) is 4.98 Å². The first kappa shape index (κ1) is 59.9. The molecule has 0 saturated carbocycles. The molecule has 5 aromatic rings. The first-order valence-corrected chi connectivity index (χ1v) is 26.1. The number of amides is 2. The monoisotopic (exact) mass is 1110 g/mol. The van der Waals surface area contributed by atoms with Crippen molar-refractivity contribution in [3.8, 4) is 44.3 Å². The number of aromatic nitrogens is 3. The quantitative estimate of drug-likeness (QED) is 0.0290. The summed E-state index contributed by atoms with van der Waals surface area (Å²) in [5, 5.41) is 31.1. The highest BCUT2D eigenvalue weighted by atomic mass is 35.5. The molecule has 0 radical (unpaired) electrons. The van der Waals surface area contributed by atoms with Gasteiger partial charge in [-0.05, 0) is 78.6 Å². The molecule has 76 heavy (non-hydrogen) atoms. The van der Waals surface area contributed by atoms with E-state index >= 15 is 0 Å². The van der Waals surface area contributed by atoms with Crippen LogP contribution in [0.4, 0.5) is 26.3 Å². The number of β-amino-alcohol motifs (C(OH)–C–C–N with tert-alkyl or cyclic N) is 1. The maximum atomic E-state index is 13.9. The molecule has 416 valence electrons. The summed E-state index contributed by atoms with van der Waals surface area (Å²) in [6.07, 6.45) is -8.43. The van der Waals surface area contributed by atoms with Crippen molar-refractivity contribution in [1.82, 2.24) is 30.3 Å². The number of ether oxygens (including phenoxy) is 5. The lowest BCUT2D eigenvalue weighted by Crippen LogP contribution is -2.57. The second-order valence-corrected chi connectivity index (χ2v) is 20.5. The van der Waals surface area contributed by atoms with E-state index in [4.69, 9.17) is 35.3 Å². The number of carbonyl (C=O) groups excluding carboxylic acids is 2. The minimum Gasteiger partial charge on any atom is -0.506 e. The minimum absolute atomic E-state index is 0.0177. The summed E-state index contributed by atoms with van der Waals surface area (Å²) >= 11 is 7.42. The van der Waals surface area contributed by atoms with Crippen molar-refractivity contribution in [1.29, 1.82) is 0 Å². The topological polar surface area (TPSA) is 179 Å². The molecule has 1 saturated heterocycles. The summed E-state index contributed by atoms with van der Waals surface area (Å²) in [4.78, 5) is 34.2. The van der Waals surface area contributed by atoms with Crippen LogP contribution in [0.15, 0.2) is 66.2 Å². The number of unbranched alkanes of at least 4 members (excludes halogenated alkanes) is 2. The van der Waals surface area contributed by atoms with E-state index in [1.54, 1.807) is 11.3 Å². The highest BCUT2D eigenvalue weighted by Crippen LogP contribution is 2.47. The Morgan fingerprint density at radius 3 is 2.07 bits per heavy atom. The number of aromatic hydroxyl groups is 1. The van der Waals surface area contributed by atoms with Crippen LogP contribution in [0.5, 0.6) is 11.5 Å². The van der Waals surface area contributed by atoms with Gasteiger partial charge in [0, 0.05) is 45.3 Å². The second-order valence-electron chi connectivity index (χ2n) is 19.3.